The number of nitrogens with one attached hydrogen (secondary N) is 1. The first-order valence-corrected chi connectivity index (χ1v) is 5.83. The molecule has 1 heterocycles. The lowest BCUT2D eigenvalue weighted by atomic mass is 10.2. The highest BCUT2D eigenvalue weighted by Gasteiger charge is 2.25. The molecular formula is C9H11F3IN3. The number of nitrogens with zero attached hydrogens (tertiary/aromatic N) is 2. The summed E-state index contributed by atoms with van der Waals surface area (Å²) in [6.07, 6.45) is -1.12. The molecule has 0 amide bonds. The van der Waals surface area contributed by atoms with Crippen LogP contribution in [0.4, 0.5) is 19.0 Å². The third-order valence-electron chi connectivity index (χ3n) is 1.85. The van der Waals surface area contributed by atoms with E-state index in [1.165, 1.54) is 6.33 Å². The second-order valence-corrected chi connectivity index (χ2v) is 4.38. The minimum absolute atomic E-state index is 0.137. The Morgan fingerprint density at radius 1 is 1.31 bits per heavy atom. The lowest BCUT2D eigenvalue weighted by molar-refractivity contribution is -0.135. The molecule has 3 nitrogen and oxygen atoms in total. The number of hydrogen-bond donors (Lipinski definition) is 1. The van der Waals surface area contributed by atoms with Crippen molar-refractivity contribution in [3.8, 4) is 0 Å². The third-order valence-corrected chi connectivity index (χ3v) is 2.64. The molecule has 0 spiro atoms. The van der Waals surface area contributed by atoms with E-state index < -0.39 is 12.6 Å². The maximum atomic E-state index is 11.8. The molecule has 1 aromatic heterocycles. The summed E-state index contributed by atoms with van der Waals surface area (Å²) in [5, 5.41) is 2.97. The predicted molar refractivity (Wildman–Crippen MR) is 63.1 cm³/mol. The Bertz CT molecular complexity index is 330. The molecule has 1 N–H and O–H groups in total. The molecule has 1 aromatic rings. The van der Waals surface area contributed by atoms with Gasteiger partial charge in [-0.05, 0) is 35.4 Å². The van der Waals surface area contributed by atoms with Crippen LogP contribution in [0.3, 0.4) is 0 Å². The first kappa shape index (κ1) is 13.5. The van der Waals surface area contributed by atoms with Gasteiger partial charge in [-0.3, -0.25) is 0 Å². The van der Waals surface area contributed by atoms with Gasteiger partial charge in [0.2, 0.25) is 0 Å². The number of unbranched alkanes of at least 4 members (excludes halogenated alkanes) is 1. The van der Waals surface area contributed by atoms with Gasteiger partial charge in [0, 0.05) is 19.2 Å². The number of rotatable bonds is 5. The van der Waals surface area contributed by atoms with E-state index in [-0.39, 0.29) is 6.42 Å². The van der Waals surface area contributed by atoms with Gasteiger partial charge >= 0.3 is 6.18 Å². The van der Waals surface area contributed by atoms with Crippen LogP contribution in [0.25, 0.3) is 0 Å². The highest BCUT2D eigenvalue weighted by Crippen LogP contribution is 2.22. The molecule has 16 heavy (non-hydrogen) atoms. The Balaban J connectivity index is 2.19. The van der Waals surface area contributed by atoms with E-state index in [0.717, 1.165) is 3.57 Å². The van der Waals surface area contributed by atoms with Crippen LogP contribution in [0, 0.1) is 3.57 Å². The molecule has 0 radical (unpaired) electrons. The zero-order valence-corrected chi connectivity index (χ0v) is 10.5. The van der Waals surface area contributed by atoms with Crippen molar-refractivity contribution >= 4 is 28.4 Å². The van der Waals surface area contributed by atoms with Gasteiger partial charge in [-0.25, -0.2) is 9.97 Å². The second kappa shape index (κ2) is 6.21. The van der Waals surface area contributed by atoms with Crippen LogP contribution in [-0.2, 0) is 0 Å². The van der Waals surface area contributed by atoms with Gasteiger partial charge in [-0.1, -0.05) is 0 Å². The highest BCUT2D eigenvalue weighted by atomic mass is 127. The molecule has 0 aliphatic heterocycles. The van der Waals surface area contributed by atoms with E-state index in [1.54, 1.807) is 6.20 Å². The summed E-state index contributed by atoms with van der Waals surface area (Å²) in [4.78, 5) is 7.79. The number of aromatic nitrogens is 2. The molecule has 1 rings (SSSR count). The Hall–Kier alpha value is -0.600. The van der Waals surface area contributed by atoms with Crippen molar-refractivity contribution in [1.29, 1.82) is 0 Å². The van der Waals surface area contributed by atoms with E-state index in [4.69, 9.17) is 0 Å². The van der Waals surface area contributed by atoms with Gasteiger partial charge in [0.05, 0.1) is 3.57 Å². The Kier molecular flexibility index (Phi) is 5.23. The standard InChI is InChI=1S/C9H11F3IN3/c10-9(11,12)3-1-2-4-15-8-7(13)5-14-6-16-8/h5-6H,1-4H2,(H,14,15,16). The average molecular weight is 345 g/mol. The molecule has 0 aliphatic carbocycles. The van der Waals surface area contributed by atoms with Crippen LogP contribution in [-0.4, -0.2) is 22.7 Å². The van der Waals surface area contributed by atoms with E-state index in [1.807, 2.05) is 0 Å². The SMILES string of the molecule is FC(F)(F)CCCCNc1ncncc1I. The molecule has 7 heteroatoms. The number of hydrogen-bond acceptors (Lipinski definition) is 3. The van der Waals surface area contributed by atoms with Crippen LogP contribution >= 0.6 is 22.6 Å². The van der Waals surface area contributed by atoms with Crippen molar-refractivity contribution in [1.82, 2.24) is 9.97 Å². The molecule has 0 fully saturated rings. The molecule has 0 saturated heterocycles. The van der Waals surface area contributed by atoms with E-state index >= 15 is 0 Å². The van der Waals surface area contributed by atoms with Crippen LogP contribution in [0.15, 0.2) is 12.5 Å². The van der Waals surface area contributed by atoms with Crippen LogP contribution < -0.4 is 5.32 Å². The largest absolute Gasteiger partial charge is 0.389 e. The van der Waals surface area contributed by atoms with E-state index in [0.29, 0.717) is 18.8 Å². The van der Waals surface area contributed by atoms with Crippen molar-refractivity contribution in [3.05, 3.63) is 16.1 Å². The number of halogens is 4. The van der Waals surface area contributed by atoms with Gasteiger partial charge in [-0.2, -0.15) is 13.2 Å². The molecule has 0 aliphatic rings. The number of anilines is 1. The summed E-state index contributed by atoms with van der Waals surface area (Å²) in [7, 11) is 0. The molecule has 0 saturated carbocycles. The highest BCUT2D eigenvalue weighted by molar-refractivity contribution is 14.1. The normalized spacial score (nSPS) is 11.5. The van der Waals surface area contributed by atoms with E-state index in [9.17, 15) is 13.2 Å². The molecule has 0 unspecified atom stereocenters. The zero-order chi connectivity index (χ0) is 12.0. The molecule has 90 valence electrons. The van der Waals surface area contributed by atoms with E-state index in [2.05, 4.69) is 37.9 Å². The minimum atomic E-state index is -4.05. The first-order valence-electron chi connectivity index (χ1n) is 4.75. The Morgan fingerprint density at radius 3 is 2.69 bits per heavy atom. The summed E-state index contributed by atoms with van der Waals surface area (Å²) < 4.78 is 36.3. The maximum absolute atomic E-state index is 11.8. The van der Waals surface area contributed by atoms with Gasteiger partial charge < -0.3 is 5.32 Å². The first-order chi connectivity index (χ1) is 7.49. The smallest absolute Gasteiger partial charge is 0.369 e. The fourth-order valence-electron chi connectivity index (χ4n) is 1.10. The summed E-state index contributed by atoms with van der Waals surface area (Å²) in [6, 6.07) is 0. The topological polar surface area (TPSA) is 37.8 Å². The molecular weight excluding hydrogens is 334 g/mol. The van der Waals surface area contributed by atoms with Crippen molar-refractivity contribution in [2.24, 2.45) is 0 Å². The van der Waals surface area contributed by atoms with Gasteiger partial charge in [0.15, 0.2) is 0 Å². The van der Waals surface area contributed by atoms with Gasteiger partial charge in [0.1, 0.15) is 12.1 Å². The lowest BCUT2D eigenvalue weighted by Crippen LogP contribution is -2.09. The number of alkyl halides is 3. The third kappa shape index (κ3) is 5.47. The Morgan fingerprint density at radius 2 is 2.06 bits per heavy atom. The minimum Gasteiger partial charge on any atom is -0.369 e. The second-order valence-electron chi connectivity index (χ2n) is 3.22. The van der Waals surface area contributed by atoms with Gasteiger partial charge in [-0.15, -0.1) is 0 Å². The average Bonchev–Trinajstić information content (AvgIpc) is 2.18. The quantitative estimate of drug-likeness (QED) is 0.658. The monoisotopic (exact) mass is 345 g/mol. The van der Waals surface area contributed by atoms with Crippen molar-refractivity contribution in [3.63, 3.8) is 0 Å². The molecule has 0 bridgehead atoms. The summed E-state index contributed by atoms with van der Waals surface area (Å²) in [6.45, 7) is 0.489. The van der Waals surface area contributed by atoms with Crippen LogP contribution in [0.5, 0.6) is 0 Å². The van der Waals surface area contributed by atoms with Gasteiger partial charge in [0.25, 0.3) is 0 Å². The zero-order valence-electron chi connectivity index (χ0n) is 8.39. The van der Waals surface area contributed by atoms with Crippen LogP contribution in [0.1, 0.15) is 19.3 Å². The van der Waals surface area contributed by atoms with Crippen LogP contribution in [0.2, 0.25) is 0 Å². The van der Waals surface area contributed by atoms with Crippen molar-refractivity contribution < 1.29 is 13.2 Å². The summed E-state index contributed by atoms with van der Waals surface area (Å²) >= 11 is 2.07. The molecule has 0 aromatic carbocycles. The van der Waals surface area contributed by atoms with Crippen molar-refractivity contribution in [2.45, 2.75) is 25.4 Å². The Labute approximate surface area is 105 Å². The summed E-state index contributed by atoms with van der Waals surface area (Å²) in [5.74, 6) is 0.669. The fourth-order valence-corrected chi connectivity index (χ4v) is 1.59. The maximum Gasteiger partial charge on any atom is 0.389 e. The predicted octanol–water partition coefficient (Wildman–Crippen LogP) is 3.23. The summed E-state index contributed by atoms with van der Waals surface area (Å²) in [5.41, 5.74) is 0. The fraction of sp³-hybridized carbons (Fsp3) is 0.556. The van der Waals surface area contributed by atoms with Crippen molar-refractivity contribution in [2.75, 3.05) is 11.9 Å². The molecule has 0 atom stereocenters. The lowest BCUT2D eigenvalue weighted by Gasteiger charge is -2.08.